The Labute approximate surface area is 246 Å². The number of aryl methyl sites for hydroxylation is 1. The van der Waals surface area contributed by atoms with Crippen LogP contribution in [0.2, 0.25) is 5.02 Å². The van der Waals surface area contributed by atoms with Crippen LogP contribution < -0.4 is 10.6 Å². The Morgan fingerprint density at radius 2 is 1.90 bits per heavy atom. The van der Waals surface area contributed by atoms with Gasteiger partial charge in [0.05, 0.1) is 51.1 Å². The summed E-state index contributed by atoms with van der Waals surface area (Å²) in [6.45, 7) is 7.85. The first kappa shape index (κ1) is 30.4. The van der Waals surface area contributed by atoms with Gasteiger partial charge in [0.2, 0.25) is 0 Å². The quantitative estimate of drug-likeness (QED) is 0.185. The number of hydrogen-bond donors (Lipinski definition) is 2. The van der Waals surface area contributed by atoms with Gasteiger partial charge >= 0.3 is 6.18 Å². The van der Waals surface area contributed by atoms with Crippen LogP contribution in [0.25, 0.3) is 10.9 Å². The first-order valence-electron chi connectivity index (χ1n) is 13.0. The zero-order valence-electron chi connectivity index (χ0n) is 23.2. The number of aromatic nitrogens is 4. The van der Waals surface area contributed by atoms with E-state index in [0.29, 0.717) is 40.8 Å². The third-order valence-corrected chi connectivity index (χ3v) is 7.34. The number of rotatable bonds is 10. The molecule has 0 radical (unpaired) electrons. The first-order valence-corrected chi connectivity index (χ1v) is 13.4. The minimum Gasteiger partial charge on any atom is -0.382 e. The number of fused-ring (bicyclic) bond motifs is 1. The normalized spacial score (nSPS) is 12.4. The Bertz CT molecular complexity index is 1710. The summed E-state index contributed by atoms with van der Waals surface area (Å²) in [5.41, 5.74) is 1.61. The smallest absolute Gasteiger partial charge is 0.382 e. The topological polar surface area (TPSA) is 115 Å². The number of nitrogens with one attached hydrogen (secondary N) is 2. The van der Waals surface area contributed by atoms with E-state index in [2.05, 4.69) is 38.6 Å². The Morgan fingerprint density at radius 1 is 1.17 bits per heavy atom. The molecule has 4 rings (SSSR count). The van der Waals surface area contributed by atoms with Crippen LogP contribution in [-0.2, 0) is 6.54 Å². The maximum Gasteiger partial charge on any atom is 0.395 e. The molecule has 0 unspecified atom stereocenters. The average molecular weight is 593 g/mol. The highest BCUT2D eigenvalue weighted by atomic mass is 35.5. The number of nitriles is 2. The minimum absolute atomic E-state index is 0.0768. The molecule has 4 aromatic rings. The fraction of sp³-hybridized carbons (Fsp3) is 0.300. The molecule has 0 aliphatic heterocycles. The summed E-state index contributed by atoms with van der Waals surface area (Å²) < 4.78 is 42.5. The Balaban J connectivity index is 1.83. The minimum atomic E-state index is -4.47. The molecule has 0 spiro atoms. The number of pyridine rings is 1. The summed E-state index contributed by atoms with van der Waals surface area (Å²) in [6.07, 6.45) is 1.08. The third-order valence-electron chi connectivity index (χ3n) is 7.05. The van der Waals surface area contributed by atoms with Crippen LogP contribution in [0.5, 0.6) is 0 Å². The number of hydrogen-bond acceptors (Lipinski definition) is 7. The predicted octanol–water partition coefficient (Wildman–Crippen LogP) is 7.31. The van der Waals surface area contributed by atoms with Crippen molar-refractivity contribution in [3.8, 4) is 12.1 Å². The Hall–Kier alpha value is -4.61. The summed E-state index contributed by atoms with van der Waals surface area (Å²) in [4.78, 5) is 4.30. The van der Waals surface area contributed by atoms with Crippen molar-refractivity contribution < 1.29 is 13.2 Å². The molecule has 0 amide bonds. The lowest BCUT2D eigenvalue weighted by Crippen LogP contribution is -2.38. The molecular formula is C30H28ClF3N8. The van der Waals surface area contributed by atoms with E-state index in [1.165, 1.54) is 6.20 Å². The van der Waals surface area contributed by atoms with Crippen LogP contribution in [0.1, 0.15) is 54.3 Å². The summed E-state index contributed by atoms with van der Waals surface area (Å²) in [7, 11) is 0. The van der Waals surface area contributed by atoms with Gasteiger partial charge < -0.3 is 10.6 Å². The second-order valence-corrected chi connectivity index (χ2v) is 10.8. The van der Waals surface area contributed by atoms with E-state index in [4.69, 9.17) is 11.6 Å². The van der Waals surface area contributed by atoms with E-state index >= 15 is 0 Å². The van der Waals surface area contributed by atoms with Crippen molar-refractivity contribution in [1.82, 2.24) is 20.0 Å². The summed E-state index contributed by atoms with van der Waals surface area (Å²) in [6, 6.07) is 12.3. The lowest BCUT2D eigenvalue weighted by atomic mass is 9.92. The molecule has 0 fully saturated rings. The van der Waals surface area contributed by atoms with Gasteiger partial charge in [-0.3, -0.25) is 9.67 Å². The first-order chi connectivity index (χ1) is 19.9. The molecule has 0 aliphatic carbocycles. The Morgan fingerprint density at radius 3 is 2.57 bits per heavy atom. The number of alkyl halides is 3. The molecule has 1 atom stereocenters. The standard InChI is InChI=1S/C30H28ClF3N8/c1-5-6-10-42-16-25(40-41-42)28(22-9-7-8-19(13-35)18(22)2)39-21-11-23-26(38-17-29(3,4)30(32,33)34)20(14-36)15-37-27(23)24(31)12-21/h5,7-9,11-12,15-16,28,39H,1,6,10,17H2,2-4H3,(H,37,38)/t28-/m0/s1. The molecule has 2 heterocycles. The Kier molecular flexibility index (Phi) is 8.74. The molecular weight excluding hydrogens is 565 g/mol. The van der Waals surface area contributed by atoms with Gasteiger partial charge in [-0.05, 0) is 56.5 Å². The molecule has 12 heteroatoms. The monoisotopic (exact) mass is 592 g/mol. The van der Waals surface area contributed by atoms with Gasteiger partial charge in [-0.2, -0.15) is 23.7 Å². The maximum absolute atomic E-state index is 13.6. The van der Waals surface area contributed by atoms with Crippen LogP contribution in [0.4, 0.5) is 24.5 Å². The van der Waals surface area contributed by atoms with Crippen LogP contribution in [0, 0.1) is 35.0 Å². The van der Waals surface area contributed by atoms with Crippen LogP contribution in [0.15, 0.2) is 55.4 Å². The second-order valence-electron chi connectivity index (χ2n) is 10.4. The van der Waals surface area contributed by atoms with Crippen molar-refractivity contribution in [2.45, 2.75) is 46.0 Å². The van der Waals surface area contributed by atoms with Crippen LogP contribution >= 0.6 is 11.6 Å². The zero-order valence-corrected chi connectivity index (χ0v) is 24.0. The van der Waals surface area contributed by atoms with Crippen molar-refractivity contribution in [2.75, 3.05) is 17.2 Å². The van der Waals surface area contributed by atoms with E-state index in [-0.39, 0.29) is 16.3 Å². The molecule has 42 heavy (non-hydrogen) atoms. The number of benzene rings is 2. The molecule has 2 N–H and O–H groups in total. The molecule has 2 aromatic carbocycles. The van der Waals surface area contributed by atoms with E-state index in [1.807, 2.05) is 19.1 Å². The molecule has 0 aliphatic rings. The van der Waals surface area contributed by atoms with Gasteiger partial charge in [0.1, 0.15) is 11.8 Å². The van der Waals surface area contributed by atoms with Gasteiger partial charge in [0.15, 0.2) is 0 Å². The van der Waals surface area contributed by atoms with Crippen molar-refractivity contribution in [3.63, 3.8) is 0 Å². The highest BCUT2D eigenvalue weighted by Crippen LogP contribution is 2.40. The van der Waals surface area contributed by atoms with Crippen molar-refractivity contribution in [3.05, 3.63) is 88.4 Å². The van der Waals surface area contributed by atoms with Crippen molar-refractivity contribution >= 4 is 33.9 Å². The SMILES string of the molecule is C=CCCn1cc([C@@H](Nc2cc(Cl)c3ncc(C#N)c(NCC(C)(C)C(F)(F)F)c3c2)c2cccc(C#N)c2C)nn1. The summed E-state index contributed by atoms with van der Waals surface area (Å²) >= 11 is 6.63. The van der Waals surface area contributed by atoms with Gasteiger partial charge in [-0.1, -0.05) is 35.0 Å². The summed E-state index contributed by atoms with van der Waals surface area (Å²) in [5.74, 6) is 0. The van der Waals surface area contributed by atoms with Crippen molar-refractivity contribution in [1.29, 1.82) is 10.5 Å². The van der Waals surface area contributed by atoms with Gasteiger partial charge in [0.25, 0.3) is 0 Å². The van der Waals surface area contributed by atoms with Crippen LogP contribution in [-0.4, -0.2) is 32.7 Å². The van der Waals surface area contributed by atoms with Gasteiger partial charge in [-0.25, -0.2) is 0 Å². The fourth-order valence-electron chi connectivity index (χ4n) is 4.37. The maximum atomic E-state index is 13.6. The average Bonchev–Trinajstić information content (AvgIpc) is 3.42. The lowest BCUT2D eigenvalue weighted by molar-refractivity contribution is -0.206. The second kappa shape index (κ2) is 12.1. The van der Waals surface area contributed by atoms with Gasteiger partial charge in [0, 0.05) is 30.4 Å². The van der Waals surface area contributed by atoms with Crippen molar-refractivity contribution in [2.24, 2.45) is 5.41 Å². The van der Waals surface area contributed by atoms with Crippen LogP contribution in [0.3, 0.4) is 0 Å². The molecule has 2 aromatic heterocycles. The van der Waals surface area contributed by atoms with E-state index < -0.39 is 24.2 Å². The zero-order chi connectivity index (χ0) is 30.7. The highest BCUT2D eigenvalue weighted by molar-refractivity contribution is 6.35. The third kappa shape index (κ3) is 6.17. The molecule has 216 valence electrons. The molecule has 0 bridgehead atoms. The number of allylic oxidation sites excluding steroid dienone is 1. The van der Waals surface area contributed by atoms with Gasteiger partial charge in [-0.15, -0.1) is 11.7 Å². The number of anilines is 2. The number of halogens is 4. The largest absolute Gasteiger partial charge is 0.395 e. The van der Waals surface area contributed by atoms with E-state index in [0.717, 1.165) is 25.0 Å². The molecule has 8 nitrogen and oxygen atoms in total. The lowest BCUT2D eigenvalue weighted by Gasteiger charge is -2.28. The van der Waals surface area contributed by atoms with E-state index in [1.54, 1.807) is 41.2 Å². The molecule has 0 saturated carbocycles. The van der Waals surface area contributed by atoms with E-state index in [9.17, 15) is 23.7 Å². The fourth-order valence-corrected chi connectivity index (χ4v) is 4.64. The highest BCUT2D eigenvalue weighted by Gasteiger charge is 2.47. The predicted molar refractivity (Wildman–Crippen MR) is 156 cm³/mol. The molecule has 0 saturated heterocycles. The number of nitrogens with zero attached hydrogens (tertiary/aromatic N) is 6. The summed E-state index contributed by atoms with van der Waals surface area (Å²) in [5, 5.41) is 34.8.